The van der Waals surface area contributed by atoms with Crippen LogP contribution in [-0.4, -0.2) is 40.4 Å². The number of carbonyl (C=O) groups is 1. The molecule has 1 saturated heterocycles. The Morgan fingerprint density at radius 2 is 2.06 bits per heavy atom. The molecule has 0 spiro atoms. The monoisotopic (exact) mass is 492 g/mol. The first-order chi connectivity index (χ1) is 17.2. The van der Waals surface area contributed by atoms with Gasteiger partial charge in [0.25, 0.3) is 5.91 Å². The Kier molecular flexibility index (Phi) is 6.08. The second-order valence-electron chi connectivity index (χ2n) is 11.0. The van der Waals surface area contributed by atoms with Crippen LogP contribution in [-0.2, 0) is 4.74 Å². The smallest absolute Gasteiger partial charge is 0.291 e. The number of fused-ring (bicyclic) bond motifs is 2. The number of nitrogens with one attached hydrogen (secondary N) is 2. The topological polar surface area (TPSA) is 90.8 Å². The summed E-state index contributed by atoms with van der Waals surface area (Å²) in [5.41, 5.74) is 2.74. The molecule has 3 heterocycles. The van der Waals surface area contributed by atoms with E-state index in [4.69, 9.17) is 10.00 Å². The number of alkyl halides is 2. The van der Waals surface area contributed by atoms with Crippen LogP contribution in [0.1, 0.15) is 79.8 Å². The lowest BCUT2D eigenvalue weighted by atomic mass is 9.76. The molecule has 0 radical (unpaired) electrons. The Morgan fingerprint density at radius 3 is 2.72 bits per heavy atom. The molecule has 1 amide bonds. The van der Waals surface area contributed by atoms with Crippen molar-refractivity contribution in [3.63, 3.8) is 0 Å². The number of hydrogen-bond donors (Lipinski definition) is 2. The first kappa shape index (κ1) is 24.4. The van der Waals surface area contributed by atoms with Crippen LogP contribution < -0.4 is 5.32 Å². The number of carbonyl (C=O) groups excluding carboxylic acids is 1. The van der Waals surface area contributed by atoms with E-state index in [9.17, 15) is 13.6 Å². The average Bonchev–Trinajstić information content (AvgIpc) is 3.47. The Morgan fingerprint density at radius 1 is 1.22 bits per heavy atom. The third kappa shape index (κ3) is 4.48. The van der Waals surface area contributed by atoms with Crippen molar-refractivity contribution in [2.75, 3.05) is 18.7 Å². The van der Waals surface area contributed by atoms with Gasteiger partial charge in [-0.25, -0.2) is 13.8 Å². The fraction of sp³-hybridized carbons (Fsp3) is 0.464. The molecule has 188 valence electrons. The zero-order valence-corrected chi connectivity index (χ0v) is 20.6. The van der Waals surface area contributed by atoms with E-state index in [1.54, 1.807) is 0 Å². The van der Waals surface area contributed by atoms with Crippen LogP contribution >= 0.6 is 0 Å². The molecule has 2 atom stereocenters. The van der Waals surface area contributed by atoms with E-state index in [0.717, 1.165) is 41.5 Å². The van der Waals surface area contributed by atoms with Gasteiger partial charge in [0.05, 0.1) is 6.20 Å². The number of rotatable bonds is 6. The maximum Gasteiger partial charge on any atom is 0.291 e. The van der Waals surface area contributed by atoms with E-state index in [1.165, 1.54) is 6.20 Å². The van der Waals surface area contributed by atoms with Crippen molar-refractivity contribution in [2.45, 2.75) is 63.6 Å². The largest absolute Gasteiger partial charge is 0.359 e. The first-order valence-corrected chi connectivity index (χ1v) is 12.3. The summed E-state index contributed by atoms with van der Waals surface area (Å²) in [4.78, 5) is 19.6. The Hall–Kier alpha value is -3.31. The molecular formula is C28H30F2N4O2. The van der Waals surface area contributed by atoms with Crippen molar-refractivity contribution in [2.24, 2.45) is 5.41 Å². The summed E-state index contributed by atoms with van der Waals surface area (Å²) < 4.78 is 34.0. The molecule has 2 N–H and O–H groups in total. The molecule has 2 unspecified atom stereocenters. The van der Waals surface area contributed by atoms with Gasteiger partial charge < -0.3 is 15.0 Å². The van der Waals surface area contributed by atoms with Crippen molar-refractivity contribution in [1.82, 2.24) is 9.97 Å². The Balaban J connectivity index is 1.53. The van der Waals surface area contributed by atoms with Crippen LogP contribution in [0, 0.1) is 16.7 Å². The Labute approximate surface area is 209 Å². The molecule has 1 aliphatic carbocycles. The lowest BCUT2D eigenvalue weighted by Crippen LogP contribution is -2.41. The Bertz CT molecular complexity index is 1300. The van der Waals surface area contributed by atoms with Crippen LogP contribution in [0.4, 0.5) is 14.5 Å². The highest BCUT2D eigenvalue weighted by atomic mass is 19.1. The van der Waals surface area contributed by atoms with E-state index in [-0.39, 0.29) is 16.9 Å². The fourth-order valence-corrected chi connectivity index (χ4v) is 5.49. The number of nitrogens with zero attached hydrogens (tertiary/aromatic N) is 2. The summed E-state index contributed by atoms with van der Waals surface area (Å²) in [6, 6.07) is 7.65. The maximum absolute atomic E-state index is 14.0. The number of anilines is 1. The zero-order chi connectivity index (χ0) is 25.6. The average molecular weight is 493 g/mol. The predicted molar refractivity (Wildman–Crippen MR) is 134 cm³/mol. The molecule has 1 aromatic heterocycles. The lowest BCUT2D eigenvalue weighted by molar-refractivity contribution is -0.102. The summed E-state index contributed by atoms with van der Waals surface area (Å²) in [6.07, 6.45) is 9.47. The molecule has 36 heavy (non-hydrogen) atoms. The highest BCUT2D eigenvalue weighted by Crippen LogP contribution is 2.50. The molecule has 2 bridgehead atoms. The van der Waals surface area contributed by atoms with Crippen LogP contribution in [0.15, 0.2) is 36.5 Å². The first-order valence-electron chi connectivity index (χ1n) is 12.3. The zero-order valence-electron chi connectivity index (χ0n) is 20.6. The third-order valence-corrected chi connectivity index (χ3v) is 7.71. The maximum atomic E-state index is 14.0. The van der Waals surface area contributed by atoms with E-state index >= 15 is 0 Å². The van der Waals surface area contributed by atoms with Crippen LogP contribution in [0.3, 0.4) is 0 Å². The second-order valence-corrected chi connectivity index (χ2v) is 11.0. The number of aromatic nitrogens is 2. The van der Waals surface area contributed by atoms with Gasteiger partial charge in [-0.15, -0.1) is 0 Å². The third-order valence-electron chi connectivity index (χ3n) is 7.71. The van der Waals surface area contributed by atoms with Gasteiger partial charge in [-0.05, 0) is 72.4 Å². The quantitative estimate of drug-likeness (QED) is 0.507. The molecule has 1 fully saturated rings. The highest BCUT2D eigenvalue weighted by molar-refractivity contribution is 6.03. The molecule has 8 heteroatoms. The lowest BCUT2D eigenvalue weighted by Gasteiger charge is -2.36. The van der Waals surface area contributed by atoms with Gasteiger partial charge in [0.1, 0.15) is 36.3 Å². The molecule has 1 aromatic carbocycles. The normalized spacial score (nSPS) is 26.6. The van der Waals surface area contributed by atoms with Gasteiger partial charge in [-0.1, -0.05) is 26.0 Å². The van der Waals surface area contributed by atoms with E-state index in [2.05, 4.69) is 35.2 Å². The molecule has 2 aromatic rings. The van der Waals surface area contributed by atoms with Gasteiger partial charge in [0.15, 0.2) is 5.82 Å². The number of nitriles is 1. The standard InChI is InChI=1S/C28H30F2N4O2/c1-26(2)7-5-18(6-8-26)22-11-19(20-12-27(16-29)9-10-28(13-20,17-30)36-27)3-4-23(22)34-25(35)24-32-15-21(14-31)33-24/h3-5,11-12,15H,6-10,13,16-17H2,1-2H3,(H,32,33)(H,34,35). The molecular weight excluding hydrogens is 462 g/mol. The van der Waals surface area contributed by atoms with Gasteiger partial charge in [0, 0.05) is 17.7 Å². The van der Waals surface area contributed by atoms with Crippen molar-refractivity contribution >= 4 is 22.7 Å². The predicted octanol–water partition coefficient (Wildman–Crippen LogP) is 6.14. The molecule has 0 saturated carbocycles. The summed E-state index contributed by atoms with van der Waals surface area (Å²) in [6.45, 7) is 3.13. The van der Waals surface area contributed by atoms with Gasteiger partial charge in [-0.3, -0.25) is 4.79 Å². The number of allylic oxidation sites excluding steroid dienone is 2. The number of H-pyrrole nitrogens is 1. The number of halogens is 2. The highest BCUT2D eigenvalue weighted by Gasteiger charge is 2.52. The van der Waals surface area contributed by atoms with Crippen LogP contribution in [0.5, 0.6) is 0 Å². The SMILES string of the molecule is CC1(C)CC=C(c2cc(C3=CC4(CF)CCC(CF)(C3)O4)ccc2NC(=O)c2ncc(C#N)[nH]2)CC1. The van der Waals surface area contributed by atoms with Crippen molar-refractivity contribution in [3.05, 3.63) is 59.2 Å². The second kappa shape index (κ2) is 8.97. The summed E-state index contributed by atoms with van der Waals surface area (Å²) >= 11 is 0. The van der Waals surface area contributed by atoms with Crippen LogP contribution in [0.25, 0.3) is 11.1 Å². The van der Waals surface area contributed by atoms with Crippen molar-refractivity contribution in [3.8, 4) is 6.07 Å². The van der Waals surface area contributed by atoms with Crippen molar-refractivity contribution < 1.29 is 18.3 Å². The van der Waals surface area contributed by atoms with E-state index in [0.29, 0.717) is 24.9 Å². The number of amides is 1. The number of aromatic amines is 1. The fourth-order valence-electron chi connectivity index (χ4n) is 5.49. The van der Waals surface area contributed by atoms with Crippen molar-refractivity contribution in [1.29, 1.82) is 5.26 Å². The van der Waals surface area contributed by atoms with E-state index < -0.39 is 30.5 Å². The van der Waals surface area contributed by atoms with Gasteiger partial charge >= 0.3 is 0 Å². The molecule has 5 rings (SSSR count). The van der Waals surface area contributed by atoms with E-state index in [1.807, 2.05) is 30.3 Å². The minimum absolute atomic E-state index is 0.0545. The minimum Gasteiger partial charge on any atom is -0.359 e. The molecule has 2 aliphatic heterocycles. The summed E-state index contributed by atoms with van der Waals surface area (Å²) in [5.74, 6) is -0.392. The number of ether oxygens (including phenoxy) is 1. The number of imidazole rings is 1. The minimum atomic E-state index is -1.07. The number of benzene rings is 1. The molecule has 3 aliphatic rings. The van der Waals surface area contributed by atoms with Crippen LogP contribution in [0.2, 0.25) is 0 Å². The van der Waals surface area contributed by atoms with Gasteiger partial charge in [-0.2, -0.15) is 5.26 Å². The summed E-state index contributed by atoms with van der Waals surface area (Å²) in [5, 5.41) is 12.0. The molecule has 6 nitrogen and oxygen atoms in total. The van der Waals surface area contributed by atoms with Gasteiger partial charge in [0.2, 0.25) is 0 Å². The summed E-state index contributed by atoms with van der Waals surface area (Å²) in [7, 11) is 0. The number of hydrogen-bond acceptors (Lipinski definition) is 4.